The highest BCUT2D eigenvalue weighted by Gasteiger charge is 2.33. The van der Waals surface area contributed by atoms with Gasteiger partial charge < -0.3 is 16.0 Å². The Labute approximate surface area is 122 Å². The molecule has 1 saturated heterocycles. The van der Waals surface area contributed by atoms with Crippen molar-refractivity contribution in [1.82, 2.24) is 10.2 Å². The Morgan fingerprint density at radius 2 is 2.32 bits per heavy atom. The van der Waals surface area contributed by atoms with E-state index < -0.39 is 0 Å². The fourth-order valence-corrected chi connectivity index (χ4v) is 2.88. The summed E-state index contributed by atoms with van der Waals surface area (Å²) in [5.74, 6) is 0. The third kappa shape index (κ3) is 3.09. The molecule has 1 aliphatic rings. The van der Waals surface area contributed by atoms with E-state index in [-0.39, 0.29) is 18.1 Å². The van der Waals surface area contributed by atoms with Gasteiger partial charge in [0.25, 0.3) is 0 Å². The van der Waals surface area contributed by atoms with Gasteiger partial charge in [-0.15, -0.1) is 0 Å². The van der Waals surface area contributed by atoms with Crippen molar-refractivity contribution in [2.75, 3.05) is 13.1 Å². The summed E-state index contributed by atoms with van der Waals surface area (Å²) in [6.45, 7) is 5.42. The molecule has 2 unspecified atom stereocenters. The average Bonchev–Trinajstić information content (AvgIpc) is 2.74. The molecule has 0 saturated carbocycles. The van der Waals surface area contributed by atoms with E-state index in [0.29, 0.717) is 13.1 Å². The number of benzene rings is 1. The van der Waals surface area contributed by atoms with Gasteiger partial charge in [0.2, 0.25) is 0 Å². The normalized spacial score (nSPS) is 20.5. The summed E-state index contributed by atoms with van der Waals surface area (Å²) in [4.78, 5) is 13.9. The summed E-state index contributed by atoms with van der Waals surface area (Å²) in [5.41, 5.74) is 7.94. The molecule has 0 aliphatic carbocycles. The fourth-order valence-electron chi connectivity index (χ4n) is 2.50. The largest absolute Gasteiger partial charge is 0.330 e. The minimum absolute atomic E-state index is 0.00493. The number of carbonyl (C=O) groups excluding carboxylic acids is 1. The molecule has 4 nitrogen and oxygen atoms in total. The maximum Gasteiger partial charge on any atom is 0.318 e. The standard InChI is InChI=1S/C14H20BrN3O/c1-9-3-4-11(15)7-12(9)13-8-18(14(19)17-13)10(2)5-6-16/h3-4,7,10,13H,5-6,8,16H2,1-2H3,(H,17,19). The van der Waals surface area contributed by atoms with E-state index in [1.807, 2.05) is 17.9 Å². The van der Waals surface area contributed by atoms with Gasteiger partial charge in [0.05, 0.1) is 6.04 Å². The number of halogens is 1. The van der Waals surface area contributed by atoms with Crippen molar-refractivity contribution in [3.05, 3.63) is 33.8 Å². The first kappa shape index (κ1) is 14.3. The molecule has 104 valence electrons. The van der Waals surface area contributed by atoms with Crippen LogP contribution in [0.3, 0.4) is 0 Å². The number of hydrogen-bond donors (Lipinski definition) is 2. The predicted molar refractivity (Wildman–Crippen MR) is 80.0 cm³/mol. The second-order valence-electron chi connectivity index (χ2n) is 5.08. The zero-order valence-corrected chi connectivity index (χ0v) is 12.9. The Kier molecular flexibility index (Phi) is 4.47. The van der Waals surface area contributed by atoms with Gasteiger partial charge in [-0.05, 0) is 50.1 Å². The second-order valence-corrected chi connectivity index (χ2v) is 6.00. The van der Waals surface area contributed by atoms with Crippen LogP contribution in [0.4, 0.5) is 4.79 Å². The van der Waals surface area contributed by atoms with Crippen molar-refractivity contribution in [3.63, 3.8) is 0 Å². The fraction of sp³-hybridized carbons (Fsp3) is 0.500. The summed E-state index contributed by atoms with van der Waals surface area (Å²) in [6.07, 6.45) is 0.831. The summed E-state index contributed by atoms with van der Waals surface area (Å²) < 4.78 is 1.04. The molecule has 0 radical (unpaired) electrons. The lowest BCUT2D eigenvalue weighted by molar-refractivity contribution is 0.199. The van der Waals surface area contributed by atoms with E-state index >= 15 is 0 Å². The van der Waals surface area contributed by atoms with Crippen LogP contribution >= 0.6 is 15.9 Å². The number of nitrogens with two attached hydrogens (primary N) is 1. The lowest BCUT2D eigenvalue weighted by Gasteiger charge is -2.22. The number of amides is 2. The van der Waals surface area contributed by atoms with E-state index in [1.165, 1.54) is 11.1 Å². The van der Waals surface area contributed by atoms with E-state index in [1.54, 1.807) is 0 Å². The predicted octanol–water partition coefficient (Wildman–Crippen LogP) is 2.56. The van der Waals surface area contributed by atoms with E-state index in [9.17, 15) is 4.79 Å². The van der Waals surface area contributed by atoms with Crippen molar-refractivity contribution in [2.24, 2.45) is 5.73 Å². The number of nitrogens with one attached hydrogen (secondary N) is 1. The van der Waals surface area contributed by atoms with Crippen molar-refractivity contribution in [2.45, 2.75) is 32.4 Å². The molecule has 3 N–H and O–H groups in total. The van der Waals surface area contributed by atoms with Crippen LogP contribution in [0.15, 0.2) is 22.7 Å². The Bertz CT molecular complexity index is 478. The van der Waals surface area contributed by atoms with Gasteiger partial charge in [0.15, 0.2) is 0 Å². The number of rotatable bonds is 4. The minimum atomic E-state index is 0.00493. The molecule has 2 amide bonds. The van der Waals surface area contributed by atoms with Crippen molar-refractivity contribution in [3.8, 4) is 0 Å². The molecular weight excluding hydrogens is 306 g/mol. The van der Waals surface area contributed by atoms with Gasteiger partial charge in [-0.3, -0.25) is 0 Å². The number of urea groups is 1. The highest BCUT2D eigenvalue weighted by Crippen LogP contribution is 2.27. The topological polar surface area (TPSA) is 58.4 Å². The van der Waals surface area contributed by atoms with Crippen LogP contribution in [0.5, 0.6) is 0 Å². The van der Waals surface area contributed by atoms with Crippen LogP contribution in [0.1, 0.15) is 30.5 Å². The zero-order valence-electron chi connectivity index (χ0n) is 11.3. The van der Waals surface area contributed by atoms with E-state index in [4.69, 9.17) is 5.73 Å². The molecule has 19 heavy (non-hydrogen) atoms. The lowest BCUT2D eigenvalue weighted by atomic mass is 10.0. The number of carbonyl (C=O) groups is 1. The van der Waals surface area contributed by atoms with Gasteiger partial charge in [-0.25, -0.2) is 4.79 Å². The molecule has 2 atom stereocenters. The SMILES string of the molecule is Cc1ccc(Br)cc1C1CN(C(C)CCN)C(=O)N1. The molecule has 1 fully saturated rings. The van der Waals surface area contributed by atoms with E-state index in [2.05, 4.69) is 40.3 Å². The summed E-state index contributed by atoms with van der Waals surface area (Å²) >= 11 is 3.48. The van der Waals surface area contributed by atoms with Gasteiger partial charge in [0, 0.05) is 17.1 Å². The number of nitrogens with zero attached hydrogens (tertiary/aromatic N) is 1. The van der Waals surface area contributed by atoms with Crippen molar-refractivity contribution in [1.29, 1.82) is 0 Å². The summed E-state index contributed by atoms with van der Waals surface area (Å²) in [5, 5.41) is 3.05. The molecule has 0 bridgehead atoms. The van der Waals surface area contributed by atoms with Gasteiger partial charge in [0.1, 0.15) is 0 Å². The van der Waals surface area contributed by atoms with Gasteiger partial charge in [-0.1, -0.05) is 22.0 Å². The molecule has 0 aromatic heterocycles. The minimum Gasteiger partial charge on any atom is -0.330 e. The Morgan fingerprint density at radius 3 is 3.00 bits per heavy atom. The number of hydrogen-bond acceptors (Lipinski definition) is 2. The third-order valence-corrected chi connectivity index (χ3v) is 4.16. The highest BCUT2D eigenvalue weighted by atomic mass is 79.9. The first-order chi connectivity index (χ1) is 9.02. The molecule has 0 spiro atoms. The molecule has 1 aromatic carbocycles. The van der Waals surface area contributed by atoms with E-state index in [0.717, 1.165) is 10.9 Å². The molecule has 1 aliphatic heterocycles. The molecule has 2 rings (SSSR count). The maximum absolute atomic E-state index is 12.0. The first-order valence-corrected chi connectivity index (χ1v) is 7.35. The zero-order chi connectivity index (χ0) is 14.0. The Balaban J connectivity index is 2.16. The van der Waals surface area contributed by atoms with Crippen LogP contribution in [-0.4, -0.2) is 30.1 Å². The molecule has 5 heteroatoms. The smallest absolute Gasteiger partial charge is 0.318 e. The Hall–Kier alpha value is -1.07. The van der Waals surface area contributed by atoms with Crippen LogP contribution in [0, 0.1) is 6.92 Å². The third-order valence-electron chi connectivity index (χ3n) is 3.67. The quantitative estimate of drug-likeness (QED) is 0.893. The molecule has 1 aromatic rings. The van der Waals surface area contributed by atoms with Crippen LogP contribution in [0.25, 0.3) is 0 Å². The lowest BCUT2D eigenvalue weighted by Crippen LogP contribution is -2.37. The van der Waals surface area contributed by atoms with Crippen LogP contribution < -0.4 is 11.1 Å². The average molecular weight is 326 g/mol. The Morgan fingerprint density at radius 1 is 1.58 bits per heavy atom. The van der Waals surface area contributed by atoms with Crippen molar-refractivity contribution < 1.29 is 4.79 Å². The van der Waals surface area contributed by atoms with Crippen LogP contribution in [-0.2, 0) is 0 Å². The van der Waals surface area contributed by atoms with Crippen LogP contribution in [0.2, 0.25) is 0 Å². The van der Waals surface area contributed by atoms with Gasteiger partial charge >= 0.3 is 6.03 Å². The first-order valence-electron chi connectivity index (χ1n) is 6.56. The maximum atomic E-state index is 12.0. The molecular formula is C14H20BrN3O. The number of aryl methyl sites for hydroxylation is 1. The highest BCUT2D eigenvalue weighted by molar-refractivity contribution is 9.10. The monoisotopic (exact) mass is 325 g/mol. The van der Waals surface area contributed by atoms with Gasteiger partial charge in [-0.2, -0.15) is 0 Å². The summed E-state index contributed by atoms with van der Waals surface area (Å²) in [7, 11) is 0. The molecule has 1 heterocycles. The second kappa shape index (κ2) is 5.92. The van der Waals surface area contributed by atoms with Crippen molar-refractivity contribution >= 4 is 22.0 Å². The summed E-state index contributed by atoms with van der Waals surface area (Å²) in [6, 6.07) is 6.41.